The first-order chi connectivity index (χ1) is 11.5. The first-order valence-electron chi connectivity index (χ1n) is 8.48. The molecule has 1 unspecified atom stereocenters. The summed E-state index contributed by atoms with van der Waals surface area (Å²) in [7, 11) is 1.99. The number of carbonyl (C=O) groups is 2. The van der Waals surface area contributed by atoms with E-state index < -0.39 is 11.8 Å². The molecule has 1 aliphatic heterocycles. The molecule has 0 saturated carbocycles. The van der Waals surface area contributed by atoms with E-state index in [4.69, 9.17) is 4.74 Å². The lowest BCUT2D eigenvalue weighted by Gasteiger charge is -2.34. The van der Waals surface area contributed by atoms with Crippen molar-refractivity contribution in [3.05, 3.63) is 24.0 Å². The van der Waals surface area contributed by atoms with Crippen LogP contribution in [0, 0.1) is 5.92 Å². The molecule has 1 fully saturated rings. The average Bonchev–Trinajstić information content (AvgIpc) is 2.99. The van der Waals surface area contributed by atoms with Crippen LogP contribution < -0.4 is 10.6 Å². The minimum atomic E-state index is -0.580. The van der Waals surface area contributed by atoms with Crippen molar-refractivity contribution in [2.24, 2.45) is 13.0 Å². The van der Waals surface area contributed by atoms with E-state index in [0.29, 0.717) is 32.2 Å². The van der Waals surface area contributed by atoms with Crippen LogP contribution in [0.1, 0.15) is 25.6 Å². The summed E-state index contributed by atoms with van der Waals surface area (Å²) >= 11 is 0. The summed E-state index contributed by atoms with van der Waals surface area (Å²) in [5, 5.41) is 5.41. The van der Waals surface area contributed by atoms with Crippen LogP contribution in [0.4, 0.5) is 0 Å². The lowest BCUT2D eigenvalue weighted by molar-refractivity contribution is -0.139. The van der Waals surface area contributed by atoms with Crippen molar-refractivity contribution < 1.29 is 14.3 Å². The summed E-state index contributed by atoms with van der Waals surface area (Å²) in [6.45, 7) is 7.86. The van der Waals surface area contributed by atoms with Gasteiger partial charge in [0.05, 0.1) is 19.3 Å². The van der Waals surface area contributed by atoms with Crippen LogP contribution >= 0.6 is 0 Å². The number of nitrogens with zero attached hydrogens (tertiary/aromatic N) is 2. The van der Waals surface area contributed by atoms with Crippen LogP contribution in [0.3, 0.4) is 0 Å². The molecule has 1 aromatic rings. The van der Waals surface area contributed by atoms with Gasteiger partial charge < -0.3 is 19.9 Å². The predicted molar refractivity (Wildman–Crippen MR) is 91.4 cm³/mol. The average molecular weight is 336 g/mol. The van der Waals surface area contributed by atoms with Crippen molar-refractivity contribution in [3.63, 3.8) is 0 Å². The predicted octanol–water partition coefficient (Wildman–Crippen LogP) is 0.287. The van der Waals surface area contributed by atoms with Crippen molar-refractivity contribution in [3.8, 4) is 0 Å². The van der Waals surface area contributed by atoms with Crippen LogP contribution in [-0.4, -0.2) is 60.7 Å². The van der Waals surface area contributed by atoms with E-state index in [1.54, 1.807) is 0 Å². The summed E-state index contributed by atoms with van der Waals surface area (Å²) < 4.78 is 7.46. The van der Waals surface area contributed by atoms with Crippen LogP contribution in [0.25, 0.3) is 0 Å². The molecule has 0 radical (unpaired) electrons. The van der Waals surface area contributed by atoms with Gasteiger partial charge in [-0.1, -0.05) is 13.8 Å². The SMILES string of the molecule is CC(C)CNC(=O)C(=O)NCC(c1cccn1C)N1CCOCC1. The Morgan fingerprint density at radius 1 is 1.17 bits per heavy atom. The largest absolute Gasteiger partial charge is 0.379 e. The van der Waals surface area contributed by atoms with Crippen LogP contribution in [0.5, 0.6) is 0 Å². The number of carbonyl (C=O) groups excluding carboxylic acids is 2. The molecular weight excluding hydrogens is 308 g/mol. The summed E-state index contributed by atoms with van der Waals surface area (Å²) in [4.78, 5) is 26.1. The molecule has 24 heavy (non-hydrogen) atoms. The number of amides is 2. The molecule has 2 rings (SSSR count). The van der Waals surface area contributed by atoms with Crippen molar-refractivity contribution >= 4 is 11.8 Å². The van der Waals surface area contributed by atoms with E-state index in [1.165, 1.54) is 0 Å². The van der Waals surface area contributed by atoms with Gasteiger partial charge in [-0.15, -0.1) is 0 Å². The minimum Gasteiger partial charge on any atom is -0.379 e. The highest BCUT2D eigenvalue weighted by Crippen LogP contribution is 2.21. The Labute approximate surface area is 143 Å². The zero-order chi connectivity index (χ0) is 17.5. The van der Waals surface area contributed by atoms with E-state index in [0.717, 1.165) is 18.8 Å². The Bertz CT molecular complexity index is 550. The molecule has 1 aliphatic rings. The number of hydrogen-bond donors (Lipinski definition) is 2. The highest BCUT2D eigenvalue weighted by Gasteiger charge is 2.25. The summed E-state index contributed by atoms with van der Waals surface area (Å²) in [5.74, 6) is -0.842. The fourth-order valence-corrected chi connectivity index (χ4v) is 2.78. The van der Waals surface area contributed by atoms with Gasteiger partial charge in [0.1, 0.15) is 0 Å². The van der Waals surface area contributed by atoms with Gasteiger partial charge in [0, 0.05) is 45.1 Å². The molecular formula is C17H28N4O3. The van der Waals surface area contributed by atoms with E-state index in [1.807, 2.05) is 43.8 Å². The Morgan fingerprint density at radius 3 is 2.33 bits per heavy atom. The third kappa shape index (κ3) is 5.07. The third-order valence-electron chi connectivity index (χ3n) is 4.14. The first-order valence-corrected chi connectivity index (χ1v) is 8.48. The molecule has 1 atom stereocenters. The van der Waals surface area contributed by atoms with E-state index in [-0.39, 0.29) is 6.04 Å². The number of aromatic nitrogens is 1. The minimum absolute atomic E-state index is 0.0238. The maximum Gasteiger partial charge on any atom is 0.309 e. The summed E-state index contributed by atoms with van der Waals surface area (Å²) in [5.41, 5.74) is 1.11. The fraction of sp³-hybridized carbons (Fsp3) is 0.647. The Morgan fingerprint density at radius 2 is 1.79 bits per heavy atom. The van der Waals surface area contributed by atoms with Crippen molar-refractivity contribution in [2.45, 2.75) is 19.9 Å². The van der Waals surface area contributed by atoms with Gasteiger partial charge in [0.2, 0.25) is 0 Å². The molecule has 2 heterocycles. The van der Waals surface area contributed by atoms with Crippen molar-refractivity contribution in [2.75, 3.05) is 39.4 Å². The molecule has 7 heteroatoms. The number of hydrogen-bond acceptors (Lipinski definition) is 4. The summed E-state index contributed by atoms with van der Waals surface area (Å²) in [6, 6.07) is 4.06. The van der Waals surface area contributed by atoms with Gasteiger partial charge in [0.15, 0.2) is 0 Å². The third-order valence-corrected chi connectivity index (χ3v) is 4.14. The van der Waals surface area contributed by atoms with Gasteiger partial charge in [0.25, 0.3) is 0 Å². The fourth-order valence-electron chi connectivity index (χ4n) is 2.78. The Kier molecular flexibility index (Phi) is 6.81. The molecule has 7 nitrogen and oxygen atoms in total. The topological polar surface area (TPSA) is 75.6 Å². The second-order valence-corrected chi connectivity index (χ2v) is 6.52. The monoisotopic (exact) mass is 336 g/mol. The number of aryl methyl sites for hydroxylation is 1. The number of rotatable bonds is 6. The molecule has 0 aromatic carbocycles. The molecule has 134 valence electrons. The molecule has 2 amide bonds. The standard InChI is InChI=1S/C17H28N4O3/c1-13(2)11-18-16(22)17(23)19-12-15(14-5-4-6-20(14)3)21-7-9-24-10-8-21/h4-6,13,15H,7-12H2,1-3H3,(H,18,22)(H,19,23). The van der Waals surface area contributed by atoms with Crippen LogP contribution in [0.2, 0.25) is 0 Å². The highest BCUT2D eigenvalue weighted by atomic mass is 16.5. The Balaban J connectivity index is 1.97. The number of nitrogens with one attached hydrogen (secondary N) is 2. The van der Waals surface area contributed by atoms with Crippen molar-refractivity contribution in [1.29, 1.82) is 0 Å². The highest BCUT2D eigenvalue weighted by molar-refractivity contribution is 6.35. The zero-order valence-corrected chi connectivity index (χ0v) is 14.7. The van der Waals surface area contributed by atoms with E-state index in [2.05, 4.69) is 15.5 Å². The van der Waals surface area contributed by atoms with Crippen molar-refractivity contribution in [1.82, 2.24) is 20.1 Å². The molecule has 1 aromatic heterocycles. The van der Waals surface area contributed by atoms with E-state index >= 15 is 0 Å². The van der Waals surface area contributed by atoms with Gasteiger partial charge in [-0.25, -0.2) is 0 Å². The number of morpholine rings is 1. The quantitative estimate of drug-likeness (QED) is 0.732. The second-order valence-electron chi connectivity index (χ2n) is 6.52. The number of ether oxygens (including phenoxy) is 1. The van der Waals surface area contributed by atoms with Gasteiger partial charge in [-0.2, -0.15) is 0 Å². The van der Waals surface area contributed by atoms with Crippen LogP contribution in [-0.2, 0) is 21.4 Å². The molecule has 0 spiro atoms. The second kappa shape index (κ2) is 8.84. The van der Waals surface area contributed by atoms with Crippen LogP contribution in [0.15, 0.2) is 18.3 Å². The van der Waals surface area contributed by atoms with Gasteiger partial charge in [-0.3, -0.25) is 14.5 Å². The molecule has 0 bridgehead atoms. The Hall–Kier alpha value is -1.86. The molecule has 2 N–H and O–H groups in total. The first kappa shape index (κ1) is 18.5. The lowest BCUT2D eigenvalue weighted by Crippen LogP contribution is -2.47. The summed E-state index contributed by atoms with van der Waals surface area (Å²) in [6.07, 6.45) is 1.99. The maximum atomic E-state index is 12.0. The zero-order valence-electron chi connectivity index (χ0n) is 14.7. The van der Waals surface area contributed by atoms with Gasteiger partial charge in [-0.05, 0) is 18.1 Å². The van der Waals surface area contributed by atoms with Gasteiger partial charge >= 0.3 is 11.8 Å². The normalized spacial score (nSPS) is 16.8. The molecule has 0 aliphatic carbocycles. The van der Waals surface area contributed by atoms with E-state index in [9.17, 15) is 9.59 Å². The molecule has 1 saturated heterocycles. The lowest BCUT2D eigenvalue weighted by atomic mass is 10.1. The smallest absolute Gasteiger partial charge is 0.309 e. The maximum absolute atomic E-state index is 12.0.